The second kappa shape index (κ2) is 4.74. The van der Waals surface area contributed by atoms with Crippen LogP contribution in [0.3, 0.4) is 0 Å². The molecule has 0 spiro atoms. The first-order chi connectivity index (χ1) is 7.65. The Bertz CT molecular complexity index is 419. The van der Waals surface area contributed by atoms with E-state index in [-0.39, 0.29) is 0 Å². The van der Waals surface area contributed by atoms with Crippen molar-refractivity contribution < 1.29 is 8.78 Å². The number of aromatic amines is 1. The van der Waals surface area contributed by atoms with Crippen molar-refractivity contribution in [3.8, 4) is 0 Å². The fourth-order valence-corrected chi connectivity index (χ4v) is 1.92. The van der Waals surface area contributed by atoms with Crippen molar-refractivity contribution in [3.63, 3.8) is 0 Å². The fourth-order valence-electron chi connectivity index (χ4n) is 1.92. The van der Waals surface area contributed by atoms with Crippen LogP contribution in [0.5, 0.6) is 0 Å². The van der Waals surface area contributed by atoms with Crippen molar-refractivity contribution in [1.29, 1.82) is 0 Å². The summed E-state index contributed by atoms with van der Waals surface area (Å²) in [6, 6.07) is 1.24. The average molecular weight is 228 g/mol. The van der Waals surface area contributed by atoms with E-state index in [0.29, 0.717) is 25.9 Å². The van der Waals surface area contributed by atoms with Gasteiger partial charge in [0, 0.05) is 25.8 Å². The Morgan fingerprint density at radius 3 is 3.00 bits per heavy atom. The summed E-state index contributed by atoms with van der Waals surface area (Å²) >= 11 is 0. The second-order valence-electron chi connectivity index (χ2n) is 4.12. The highest BCUT2D eigenvalue weighted by Gasteiger charge is 2.20. The molecule has 0 aliphatic carbocycles. The van der Waals surface area contributed by atoms with Gasteiger partial charge in [0.05, 0.1) is 0 Å². The zero-order chi connectivity index (χ0) is 11.5. The van der Waals surface area contributed by atoms with Crippen molar-refractivity contribution in [3.05, 3.63) is 34.0 Å². The summed E-state index contributed by atoms with van der Waals surface area (Å²) in [5, 5.41) is 0. The zero-order valence-electron chi connectivity index (χ0n) is 8.88. The van der Waals surface area contributed by atoms with E-state index < -0.39 is 17.5 Å². The van der Waals surface area contributed by atoms with Crippen molar-refractivity contribution >= 4 is 0 Å². The van der Waals surface area contributed by atoms with Gasteiger partial charge < -0.3 is 9.88 Å². The molecule has 0 aromatic carbocycles. The SMILES string of the molecule is O=c1[nH]cc(CCN2CC[C@@H](F)C2)cc1F. The lowest BCUT2D eigenvalue weighted by Gasteiger charge is -2.13. The number of H-pyrrole nitrogens is 1. The number of hydrogen-bond donors (Lipinski definition) is 1. The molecule has 3 nitrogen and oxygen atoms in total. The molecule has 1 aliphatic rings. The van der Waals surface area contributed by atoms with Gasteiger partial charge in [-0.1, -0.05) is 0 Å². The monoisotopic (exact) mass is 228 g/mol. The van der Waals surface area contributed by atoms with Crippen LogP contribution in [0, 0.1) is 5.82 Å². The van der Waals surface area contributed by atoms with Gasteiger partial charge in [0.15, 0.2) is 5.82 Å². The van der Waals surface area contributed by atoms with Crippen LogP contribution in [-0.2, 0) is 6.42 Å². The maximum atomic E-state index is 12.9. The van der Waals surface area contributed by atoms with Crippen molar-refractivity contribution in [1.82, 2.24) is 9.88 Å². The molecule has 88 valence electrons. The van der Waals surface area contributed by atoms with E-state index >= 15 is 0 Å². The number of rotatable bonds is 3. The smallest absolute Gasteiger partial charge is 0.283 e. The predicted molar refractivity (Wildman–Crippen MR) is 56.7 cm³/mol. The molecule has 1 aromatic heterocycles. The highest BCUT2D eigenvalue weighted by molar-refractivity contribution is 5.10. The summed E-state index contributed by atoms with van der Waals surface area (Å²) in [5.74, 6) is -0.762. The van der Waals surface area contributed by atoms with Gasteiger partial charge in [-0.2, -0.15) is 0 Å². The van der Waals surface area contributed by atoms with E-state index in [1.165, 1.54) is 12.3 Å². The minimum atomic E-state index is -0.762. The van der Waals surface area contributed by atoms with E-state index in [2.05, 4.69) is 4.98 Å². The lowest BCUT2D eigenvalue weighted by Crippen LogP contribution is -2.24. The number of hydrogen-bond acceptors (Lipinski definition) is 2. The number of alkyl halides is 1. The van der Waals surface area contributed by atoms with E-state index in [0.717, 1.165) is 12.1 Å². The van der Waals surface area contributed by atoms with Gasteiger partial charge in [-0.25, -0.2) is 8.78 Å². The van der Waals surface area contributed by atoms with Crippen LogP contribution < -0.4 is 5.56 Å². The molecule has 0 radical (unpaired) electrons. The highest BCUT2D eigenvalue weighted by Crippen LogP contribution is 2.12. The molecule has 16 heavy (non-hydrogen) atoms. The first-order valence-electron chi connectivity index (χ1n) is 5.38. The molecular weight excluding hydrogens is 214 g/mol. The molecule has 0 saturated carbocycles. The third kappa shape index (κ3) is 2.66. The number of nitrogens with zero attached hydrogens (tertiary/aromatic N) is 1. The van der Waals surface area contributed by atoms with Crippen LogP contribution in [0.15, 0.2) is 17.1 Å². The lowest BCUT2D eigenvalue weighted by molar-refractivity contribution is 0.290. The van der Waals surface area contributed by atoms with Gasteiger partial charge in [0.1, 0.15) is 6.17 Å². The molecular formula is C11H14F2N2O. The van der Waals surface area contributed by atoms with Gasteiger partial charge >= 0.3 is 0 Å². The number of nitrogens with one attached hydrogen (secondary N) is 1. The Labute approximate surface area is 92.1 Å². The molecule has 0 unspecified atom stereocenters. The summed E-state index contributed by atoms with van der Waals surface area (Å²) in [5.41, 5.74) is 0.0353. The summed E-state index contributed by atoms with van der Waals surface area (Å²) < 4.78 is 25.8. The third-order valence-electron chi connectivity index (χ3n) is 2.85. The first-order valence-corrected chi connectivity index (χ1v) is 5.38. The lowest BCUT2D eigenvalue weighted by atomic mass is 10.2. The largest absolute Gasteiger partial charge is 0.326 e. The molecule has 2 heterocycles. The molecule has 1 fully saturated rings. The van der Waals surface area contributed by atoms with Crippen molar-refractivity contribution in [2.24, 2.45) is 0 Å². The molecule has 5 heteroatoms. The summed E-state index contributed by atoms with van der Waals surface area (Å²) in [7, 11) is 0. The van der Waals surface area contributed by atoms with Gasteiger partial charge in [-0.15, -0.1) is 0 Å². The summed E-state index contributed by atoms with van der Waals surface area (Å²) in [6.45, 7) is 1.92. The van der Waals surface area contributed by atoms with E-state index in [1.54, 1.807) is 0 Å². The first kappa shape index (κ1) is 11.3. The van der Waals surface area contributed by atoms with Gasteiger partial charge in [0.25, 0.3) is 5.56 Å². The number of aromatic nitrogens is 1. The molecule has 1 atom stereocenters. The molecule has 1 N–H and O–H groups in total. The van der Waals surface area contributed by atoms with Crippen LogP contribution in [0.4, 0.5) is 8.78 Å². The topological polar surface area (TPSA) is 36.1 Å². The normalized spacial score (nSPS) is 21.5. The van der Waals surface area contributed by atoms with E-state index in [9.17, 15) is 13.6 Å². The minimum Gasteiger partial charge on any atom is -0.326 e. The van der Waals surface area contributed by atoms with Gasteiger partial charge in [0.2, 0.25) is 0 Å². The zero-order valence-corrected chi connectivity index (χ0v) is 8.88. The molecule has 2 rings (SSSR count). The average Bonchev–Trinajstić information content (AvgIpc) is 2.66. The minimum absolute atomic E-state index is 0.464. The Balaban J connectivity index is 1.90. The van der Waals surface area contributed by atoms with E-state index in [1.807, 2.05) is 4.90 Å². The summed E-state index contributed by atoms with van der Waals surface area (Å²) in [4.78, 5) is 15.1. The Morgan fingerprint density at radius 1 is 1.56 bits per heavy atom. The highest BCUT2D eigenvalue weighted by atomic mass is 19.1. The molecule has 0 bridgehead atoms. The maximum absolute atomic E-state index is 12.9. The fraction of sp³-hybridized carbons (Fsp3) is 0.545. The van der Waals surface area contributed by atoms with Crippen LogP contribution in [0.2, 0.25) is 0 Å². The quantitative estimate of drug-likeness (QED) is 0.841. The number of pyridine rings is 1. The maximum Gasteiger partial charge on any atom is 0.283 e. The molecule has 0 amide bonds. The van der Waals surface area contributed by atoms with Gasteiger partial charge in [-0.05, 0) is 24.5 Å². The van der Waals surface area contributed by atoms with Crippen LogP contribution >= 0.6 is 0 Å². The Morgan fingerprint density at radius 2 is 2.38 bits per heavy atom. The molecule has 1 aromatic rings. The predicted octanol–water partition coefficient (Wildman–Crippen LogP) is 1.10. The van der Waals surface area contributed by atoms with Crippen LogP contribution in [0.1, 0.15) is 12.0 Å². The molecule has 1 saturated heterocycles. The summed E-state index contributed by atoms with van der Waals surface area (Å²) in [6.07, 6.45) is 1.99. The Kier molecular flexibility index (Phi) is 3.33. The third-order valence-corrected chi connectivity index (χ3v) is 2.85. The molecule has 1 aliphatic heterocycles. The second-order valence-corrected chi connectivity index (χ2v) is 4.12. The number of halogens is 2. The number of likely N-dealkylation sites (tertiary alicyclic amines) is 1. The van der Waals surface area contributed by atoms with Crippen LogP contribution in [0.25, 0.3) is 0 Å². The standard InChI is InChI=1S/C11H14F2N2O/c12-9-2-4-15(7-9)3-1-8-5-10(13)11(16)14-6-8/h5-6,9H,1-4,7H2,(H,14,16)/t9-/m1/s1. The van der Waals surface area contributed by atoms with Gasteiger partial charge in [-0.3, -0.25) is 4.79 Å². The van der Waals surface area contributed by atoms with Crippen molar-refractivity contribution in [2.45, 2.75) is 19.0 Å². The van der Waals surface area contributed by atoms with E-state index in [4.69, 9.17) is 0 Å². The van der Waals surface area contributed by atoms with Crippen LogP contribution in [-0.4, -0.2) is 35.7 Å². The van der Waals surface area contributed by atoms with Crippen molar-refractivity contribution in [2.75, 3.05) is 19.6 Å². The Hall–Kier alpha value is -1.23.